The molecule has 0 aromatic rings. The van der Waals surface area contributed by atoms with Gasteiger partial charge in [0.2, 0.25) is 0 Å². The zero-order valence-electron chi connectivity index (χ0n) is 13.8. The molecule has 2 fully saturated rings. The maximum absolute atomic E-state index is 12.4. The standard InChI is InChI=1S/C16H25NO5/c1-10-8-12(18)11(14(19)13-6-5-7-21-13)9-17(10)15(20)22-16(2,3)4/h10-11,13H,5-9H2,1-4H3/t10-,11?,13?/m0/s1. The summed E-state index contributed by atoms with van der Waals surface area (Å²) < 4.78 is 10.8. The molecule has 6 heteroatoms. The zero-order chi connectivity index (χ0) is 16.5. The Morgan fingerprint density at radius 1 is 1.32 bits per heavy atom. The van der Waals surface area contributed by atoms with Crippen LogP contribution in [-0.2, 0) is 19.1 Å². The van der Waals surface area contributed by atoms with Crippen LogP contribution in [0.5, 0.6) is 0 Å². The Hall–Kier alpha value is -1.43. The van der Waals surface area contributed by atoms with Crippen LogP contribution in [-0.4, -0.2) is 53.5 Å². The molecule has 0 N–H and O–H groups in total. The normalized spacial score (nSPS) is 29.5. The van der Waals surface area contributed by atoms with Crippen LogP contribution in [0.25, 0.3) is 0 Å². The predicted octanol–water partition coefficient (Wildman–Crippen LogP) is 1.95. The van der Waals surface area contributed by atoms with E-state index in [0.29, 0.717) is 13.0 Å². The van der Waals surface area contributed by atoms with E-state index in [1.165, 1.54) is 4.90 Å². The summed E-state index contributed by atoms with van der Waals surface area (Å²) in [5.74, 6) is -1.08. The first-order valence-corrected chi connectivity index (χ1v) is 7.86. The summed E-state index contributed by atoms with van der Waals surface area (Å²) >= 11 is 0. The number of nitrogens with zero attached hydrogens (tertiary/aromatic N) is 1. The molecule has 2 rings (SSSR count). The van der Waals surface area contributed by atoms with Crippen molar-refractivity contribution in [1.29, 1.82) is 0 Å². The molecule has 0 saturated carbocycles. The van der Waals surface area contributed by atoms with Gasteiger partial charge in [0, 0.05) is 25.6 Å². The lowest BCUT2D eigenvalue weighted by molar-refractivity contribution is -0.142. The van der Waals surface area contributed by atoms with Crippen molar-refractivity contribution in [2.45, 2.75) is 64.7 Å². The Bertz CT molecular complexity index is 462. The van der Waals surface area contributed by atoms with Crippen LogP contribution in [0.4, 0.5) is 4.79 Å². The van der Waals surface area contributed by atoms with E-state index in [1.54, 1.807) is 27.7 Å². The van der Waals surface area contributed by atoms with Gasteiger partial charge in [-0.2, -0.15) is 0 Å². The first-order chi connectivity index (χ1) is 10.2. The van der Waals surface area contributed by atoms with Crippen molar-refractivity contribution in [3.63, 3.8) is 0 Å². The van der Waals surface area contributed by atoms with E-state index < -0.39 is 23.7 Å². The molecule has 2 aliphatic rings. The van der Waals surface area contributed by atoms with Crippen molar-refractivity contribution in [3.8, 4) is 0 Å². The minimum atomic E-state index is -0.785. The summed E-state index contributed by atoms with van der Waals surface area (Å²) in [5, 5.41) is 0. The van der Waals surface area contributed by atoms with Gasteiger partial charge in [-0.25, -0.2) is 4.79 Å². The van der Waals surface area contributed by atoms with E-state index >= 15 is 0 Å². The van der Waals surface area contributed by atoms with Crippen molar-refractivity contribution in [1.82, 2.24) is 4.90 Å². The lowest BCUT2D eigenvalue weighted by Crippen LogP contribution is -2.53. The average Bonchev–Trinajstić information content (AvgIpc) is 2.89. The summed E-state index contributed by atoms with van der Waals surface area (Å²) in [6.45, 7) is 7.82. The number of hydrogen-bond acceptors (Lipinski definition) is 5. The molecule has 3 atom stereocenters. The third-order valence-corrected chi connectivity index (χ3v) is 4.02. The van der Waals surface area contributed by atoms with Crippen LogP contribution >= 0.6 is 0 Å². The zero-order valence-corrected chi connectivity index (χ0v) is 13.8. The number of amides is 1. The largest absolute Gasteiger partial charge is 0.444 e. The fraction of sp³-hybridized carbons (Fsp3) is 0.812. The van der Waals surface area contributed by atoms with Gasteiger partial charge in [0.15, 0.2) is 5.78 Å². The van der Waals surface area contributed by atoms with E-state index in [2.05, 4.69) is 0 Å². The van der Waals surface area contributed by atoms with E-state index in [-0.39, 0.29) is 30.6 Å². The van der Waals surface area contributed by atoms with Crippen molar-refractivity contribution in [2.75, 3.05) is 13.2 Å². The van der Waals surface area contributed by atoms with Crippen LogP contribution in [0.2, 0.25) is 0 Å². The highest BCUT2D eigenvalue weighted by molar-refractivity contribution is 6.05. The maximum atomic E-state index is 12.4. The Kier molecular flexibility index (Phi) is 4.90. The lowest BCUT2D eigenvalue weighted by Gasteiger charge is -2.37. The van der Waals surface area contributed by atoms with E-state index in [1.807, 2.05) is 0 Å². The van der Waals surface area contributed by atoms with Gasteiger partial charge in [-0.05, 0) is 40.5 Å². The molecule has 0 aromatic heterocycles. The highest BCUT2D eigenvalue weighted by atomic mass is 16.6. The second-order valence-electron chi connectivity index (χ2n) is 7.11. The summed E-state index contributed by atoms with van der Waals surface area (Å²) in [5.41, 5.74) is -0.605. The van der Waals surface area contributed by atoms with Gasteiger partial charge >= 0.3 is 6.09 Å². The number of ketones is 2. The molecule has 0 bridgehead atoms. The Morgan fingerprint density at radius 3 is 2.55 bits per heavy atom. The molecule has 1 amide bonds. The molecule has 22 heavy (non-hydrogen) atoms. The highest BCUT2D eigenvalue weighted by Gasteiger charge is 2.42. The van der Waals surface area contributed by atoms with Gasteiger partial charge in [0.05, 0.1) is 5.92 Å². The van der Waals surface area contributed by atoms with Crippen molar-refractivity contribution in [2.24, 2.45) is 5.92 Å². The van der Waals surface area contributed by atoms with E-state index in [4.69, 9.17) is 9.47 Å². The molecule has 6 nitrogen and oxygen atoms in total. The van der Waals surface area contributed by atoms with Crippen LogP contribution in [0.15, 0.2) is 0 Å². The van der Waals surface area contributed by atoms with Gasteiger partial charge in [0.25, 0.3) is 0 Å². The van der Waals surface area contributed by atoms with Gasteiger partial charge < -0.3 is 14.4 Å². The first-order valence-electron chi connectivity index (χ1n) is 7.86. The Labute approximate surface area is 131 Å². The highest BCUT2D eigenvalue weighted by Crippen LogP contribution is 2.26. The Morgan fingerprint density at radius 2 is 2.00 bits per heavy atom. The topological polar surface area (TPSA) is 72.9 Å². The summed E-state index contributed by atoms with van der Waals surface area (Å²) in [6, 6.07) is -0.254. The third-order valence-electron chi connectivity index (χ3n) is 4.02. The molecular formula is C16H25NO5. The van der Waals surface area contributed by atoms with Crippen LogP contribution in [0.1, 0.15) is 47.0 Å². The predicted molar refractivity (Wildman–Crippen MR) is 79.5 cm³/mol. The molecule has 124 valence electrons. The maximum Gasteiger partial charge on any atom is 0.410 e. The molecule has 0 aliphatic carbocycles. The van der Waals surface area contributed by atoms with Crippen LogP contribution in [0, 0.1) is 5.92 Å². The van der Waals surface area contributed by atoms with Crippen molar-refractivity contribution in [3.05, 3.63) is 0 Å². The Balaban J connectivity index is 2.07. The molecule has 0 aromatic carbocycles. The number of carbonyl (C=O) groups excluding carboxylic acids is 3. The third kappa shape index (κ3) is 3.85. The quantitative estimate of drug-likeness (QED) is 0.729. The minimum absolute atomic E-state index is 0.0909. The number of ether oxygens (including phenoxy) is 2. The monoisotopic (exact) mass is 311 g/mol. The molecule has 0 spiro atoms. The number of Topliss-reactive ketones (excluding diaryl/α,β-unsaturated/α-hetero) is 2. The number of carbonyl (C=O) groups is 3. The summed E-state index contributed by atoms with van der Waals surface area (Å²) in [7, 11) is 0. The molecule has 0 radical (unpaired) electrons. The second-order valence-corrected chi connectivity index (χ2v) is 7.11. The SMILES string of the molecule is C[C@H]1CC(=O)C(C(=O)C2CCCO2)CN1C(=O)OC(C)(C)C. The summed E-state index contributed by atoms with van der Waals surface area (Å²) in [6.07, 6.45) is 0.705. The number of piperidine rings is 1. The lowest BCUT2D eigenvalue weighted by atomic mass is 9.86. The van der Waals surface area contributed by atoms with Gasteiger partial charge in [0.1, 0.15) is 17.5 Å². The van der Waals surface area contributed by atoms with Gasteiger partial charge in [-0.3, -0.25) is 9.59 Å². The second kappa shape index (κ2) is 6.36. The van der Waals surface area contributed by atoms with Crippen LogP contribution < -0.4 is 0 Å². The first kappa shape index (κ1) is 16.9. The smallest absolute Gasteiger partial charge is 0.410 e. The number of hydrogen-bond donors (Lipinski definition) is 0. The van der Waals surface area contributed by atoms with Crippen molar-refractivity contribution >= 4 is 17.7 Å². The number of likely N-dealkylation sites (tertiary alicyclic amines) is 1. The fourth-order valence-electron chi connectivity index (χ4n) is 2.87. The van der Waals surface area contributed by atoms with E-state index in [9.17, 15) is 14.4 Å². The van der Waals surface area contributed by atoms with E-state index in [0.717, 1.165) is 6.42 Å². The van der Waals surface area contributed by atoms with Gasteiger partial charge in [-0.15, -0.1) is 0 Å². The summed E-state index contributed by atoms with van der Waals surface area (Å²) in [4.78, 5) is 38.4. The fourth-order valence-corrected chi connectivity index (χ4v) is 2.87. The molecule has 2 heterocycles. The molecule has 2 aliphatic heterocycles. The van der Waals surface area contributed by atoms with Crippen molar-refractivity contribution < 1.29 is 23.9 Å². The minimum Gasteiger partial charge on any atom is -0.444 e. The molecule has 2 unspecified atom stereocenters. The number of rotatable bonds is 2. The van der Waals surface area contributed by atoms with Gasteiger partial charge in [-0.1, -0.05) is 0 Å². The van der Waals surface area contributed by atoms with Crippen LogP contribution in [0.3, 0.4) is 0 Å². The molecular weight excluding hydrogens is 286 g/mol. The molecule has 2 saturated heterocycles. The average molecular weight is 311 g/mol.